The molecule has 1 aromatic heterocycles. The van der Waals surface area contributed by atoms with Crippen LogP contribution in [0, 0.1) is 12.8 Å². The second kappa shape index (κ2) is 4.09. The first kappa shape index (κ1) is 10.5. The highest BCUT2D eigenvalue weighted by Gasteiger charge is 2.12. The molecule has 0 bridgehead atoms. The van der Waals surface area contributed by atoms with E-state index >= 15 is 0 Å². The summed E-state index contributed by atoms with van der Waals surface area (Å²) in [5.74, 6) is -1.44. The van der Waals surface area contributed by atoms with E-state index in [0.717, 1.165) is 5.69 Å². The zero-order valence-electron chi connectivity index (χ0n) is 8.23. The van der Waals surface area contributed by atoms with Crippen LogP contribution in [0.25, 0.3) is 0 Å². The molecule has 1 heterocycles. The lowest BCUT2D eigenvalue weighted by Crippen LogP contribution is -2.27. The third-order valence-electron chi connectivity index (χ3n) is 2.15. The van der Waals surface area contributed by atoms with Crippen molar-refractivity contribution >= 4 is 5.97 Å². The molecule has 1 N–H and O–H groups in total. The van der Waals surface area contributed by atoms with Gasteiger partial charge in [-0.05, 0) is 13.0 Å². The first-order valence-corrected chi connectivity index (χ1v) is 4.41. The largest absolute Gasteiger partial charge is 0.481 e. The van der Waals surface area contributed by atoms with Crippen molar-refractivity contribution in [1.29, 1.82) is 0 Å². The summed E-state index contributed by atoms with van der Waals surface area (Å²) < 4.78 is 1.47. The van der Waals surface area contributed by atoms with Crippen molar-refractivity contribution in [2.45, 2.75) is 20.4 Å². The maximum absolute atomic E-state index is 11.4. The van der Waals surface area contributed by atoms with Crippen LogP contribution in [0.4, 0.5) is 0 Å². The Labute approximate surface area is 81.8 Å². The SMILES string of the molecule is Cc1cccc(=O)n1CC(C)C(=O)O. The van der Waals surface area contributed by atoms with E-state index < -0.39 is 11.9 Å². The number of pyridine rings is 1. The summed E-state index contributed by atoms with van der Waals surface area (Å²) in [6.45, 7) is 3.60. The molecule has 0 radical (unpaired) electrons. The summed E-state index contributed by atoms with van der Waals surface area (Å²) in [5.41, 5.74) is 0.628. The Bertz CT molecular complexity index is 395. The lowest BCUT2D eigenvalue weighted by Gasteiger charge is -2.11. The van der Waals surface area contributed by atoms with E-state index in [9.17, 15) is 9.59 Å². The molecule has 0 aliphatic rings. The van der Waals surface area contributed by atoms with Gasteiger partial charge in [0.1, 0.15) is 0 Å². The van der Waals surface area contributed by atoms with E-state index in [1.54, 1.807) is 26.0 Å². The lowest BCUT2D eigenvalue weighted by molar-refractivity contribution is -0.141. The van der Waals surface area contributed by atoms with Gasteiger partial charge in [0, 0.05) is 18.3 Å². The van der Waals surface area contributed by atoms with Gasteiger partial charge in [0.25, 0.3) is 5.56 Å². The Hall–Kier alpha value is -1.58. The Morgan fingerprint density at radius 1 is 1.57 bits per heavy atom. The number of aromatic nitrogens is 1. The van der Waals surface area contributed by atoms with Crippen LogP contribution in [0.3, 0.4) is 0 Å². The fourth-order valence-corrected chi connectivity index (χ4v) is 1.21. The quantitative estimate of drug-likeness (QED) is 0.778. The number of hydrogen-bond acceptors (Lipinski definition) is 2. The molecule has 4 heteroatoms. The van der Waals surface area contributed by atoms with Crippen LogP contribution in [0.1, 0.15) is 12.6 Å². The molecule has 76 valence electrons. The Kier molecular flexibility index (Phi) is 3.06. The van der Waals surface area contributed by atoms with Crippen molar-refractivity contribution in [2.24, 2.45) is 5.92 Å². The zero-order chi connectivity index (χ0) is 10.7. The van der Waals surface area contributed by atoms with Gasteiger partial charge in [0.2, 0.25) is 0 Å². The normalized spacial score (nSPS) is 12.4. The van der Waals surface area contributed by atoms with E-state index in [2.05, 4.69) is 0 Å². The summed E-state index contributed by atoms with van der Waals surface area (Å²) in [7, 11) is 0. The van der Waals surface area contributed by atoms with Gasteiger partial charge in [-0.25, -0.2) is 0 Å². The Morgan fingerprint density at radius 2 is 2.21 bits per heavy atom. The topological polar surface area (TPSA) is 59.3 Å². The lowest BCUT2D eigenvalue weighted by atomic mass is 10.2. The predicted molar refractivity (Wildman–Crippen MR) is 52.2 cm³/mol. The van der Waals surface area contributed by atoms with Crippen LogP contribution < -0.4 is 5.56 Å². The number of hydrogen-bond donors (Lipinski definition) is 1. The molecular weight excluding hydrogens is 182 g/mol. The number of rotatable bonds is 3. The van der Waals surface area contributed by atoms with Gasteiger partial charge in [-0.3, -0.25) is 9.59 Å². The molecule has 0 aromatic carbocycles. The molecule has 0 spiro atoms. The minimum absolute atomic E-state index is 0.155. The highest BCUT2D eigenvalue weighted by molar-refractivity contribution is 5.69. The average Bonchev–Trinajstić information content (AvgIpc) is 2.11. The summed E-state index contributed by atoms with van der Waals surface area (Å²) in [5, 5.41) is 8.71. The third kappa shape index (κ3) is 2.22. The first-order valence-electron chi connectivity index (χ1n) is 4.41. The molecule has 1 atom stereocenters. The van der Waals surface area contributed by atoms with E-state index in [4.69, 9.17) is 5.11 Å². The molecule has 1 rings (SSSR count). The highest BCUT2D eigenvalue weighted by atomic mass is 16.4. The van der Waals surface area contributed by atoms with Crippen LogP contribution >= 0.6 is 0 Å². The van der Waals surface area contributed by atoms with E-state index in [1.165, 1.54) is 10.6 Å². The molecule has 0 saturated carbocycles. The molecule has 0 aliphatic heterocycles. The minimum atomic E-state index is -0.889. The number of aryl methyl sites for hydroxylation is 1. The molecule has 1 unspecified atom stereocenters. The number of nitrogens with zero attached hydrogens (tertiary/aromatic N) is 1. The number of aliphatic carboxylic acids is 1. The molecule has 0 aliphatic carbocycles. The second-order valence-electron chi connectivity index (χ2n) is 3.36. The maximum Gasteiger partial charge on any atom is 0.308 e. The van der Waals surface area contributed by atoms with Crippen molar-refractivity contribution in [2.75, 3.05) is 0 Å². The van der Waals surface area contributed by atoms with Crippen molar-refractivity contribution in [1.82, 2.24) is 4.57 Å². The average molecular weight is 195 g/mol. The highest BCUT2D eigenvalue weighted by Crippen LogP contribution is 2.01. The smallest absolute Gasteiger partial charge is 0.308 e. The Morgan fingerprint density at radius 3 is 2.71 bits per heavy atom. The van der Waals surface area contributed by atoms with Gasteiger partial charge in [-0.1, -0.05) is 13.0 Å². The fourth-order valence-electron chi connectivity index (χ4n) is 1.21. The van der Waals surface area contributed by atoms with Crippen molar-refractivity contribution < 1.29 is 9.90 Å². The number of carboxylic acids is 1. The van der Waals surface area contributed by atoms with Crippen LogP contribution in [-0.4, -0.2) is 15.6 Å². The van der Waals surface area contributed by atoms with Gasteiger partial charge in [-0.2, -0.15) is 0 Å². The molecular formula is C10H13NO3. The third-order valence-corrected chi connectivity index (χ3v) is 2.15. The zero-order valence-corrected chi connectivity index (χ0v) is 8.23. The van der Waals surface area contributed by atoms with E-state index in [0.29, 0.717) is 0 Å². The monoisotopic (exact) mass is 195 g/mol. The predicted octanol–water partition coefficient (Wildman–Crippen LogP) is 0.877. The summed E-state index contributed by atoms with van der Waals surface area (Å²) in [4.78, 5) is 22.0. The fraction of sp³-hybridized carbons (Fsp3) is 0.400. The second-order valence-corrected chi connectivity index (χ2v) is 3.36. The summed E-state index contributed by atoms with van der Waals surface area (Å²) in [6.07, 6.45) is 0. The van der Waals surface area contributed by atoms with Gasteiger partial charge in [0.15, 0.2) is 0 Å². The molecule has 1 aromatic rings. The number of carbonyl (C=O) groups is 1. The Balaban J connectivity index is 2.97. The van der Waals surface area contributed by atoms with Gasteiger partial charge in [0.05, 0.1) is 5.92 Å². The van der Waals surface area contributed by atoms with Crippen LogP contribution in [-0.2, 0) is 11.3 Å². The minimum Gasteiger partial charge on any atom is -0.481 e. The van der Waals surface area contributed by atoms with E-state index in [-0.39, 0.29) is 12.1 Å². The van der Waals surface area contributed by atoms with Gasteiger partial charge < -0.3 is 9.67 Å². The summed E-state index contributed by atoms with van der Waals surface area (Å²) >= 11 is 0. The standard InChI is InChI=1S/C10H13NO3/c1-7(10(13)14)6-11-8(2)4-3-5-9(11)12/h3-5,7H,6H2,1-2H3,(H,13,14). The molecule has 0 saturated heterocycles. The van der Waals surface area contributed by atoms with Gasteiger partial charge in [-0.15, -0.1) is 0 Å². The maximum atomic E-state index is 11.4. The van der Waals surface area contributed by atoms with Crippen LogP contribution in [0.2, 0.25) is 0 Å². The molecule has 4 nitrogen and oxygen atoms in total. The summed E-state index contributed by atoms with van der Waals surface area (Å²) in [6, 6.07) is 4.89. The first-order chi connectivity index (χ1) is 6.52. The van der Waals surface area contributed by atoms with Crippen molar-refractivity contribution in [3.8, 4) is 0 Å². The molecule has 0 amide bonds. The van der Waals surface area contributed by atoms with Crippen molar-refractivity contribution in [3.05, 3.63) is 34.2 Å². The van der Waals surface area contributed by atoms with Crippen molar-refractivity contribution in [3.63, 3.8) is 0 Å². The van der Waals surface area contributed by atoms with E-state index in [1.807, 2.05) is 0 Å². The van der Waals surface area contributed by atoms with Crippen LogP contribution in [0.5, 0.6) is 0 Å². The van der Waals surface area contributed by atoms with Crippen LogP contribution in [0.15, 0.2) is 23.0 Å². The van der Waals surface area contributed by atoms with Gasteiger partial charge >= 0.3 is 5.97 Å². The number of carboxylic acid groups (broad SMARTS) is 1. The molecule has 14 heavy (non-hydrogen) atoms. The molecule has 0 fully saturated rings.